The van der Waals surface area contributed by atoms with Crippen molar-refractivity contribution in [3.63, 3.8) is 0 Å². The van der Waals surface area contributed by atoms with Crippen molar-refractivity contribution in [3.8, 4) is 22.8 Å². The normalized spacial score (nSPS) is 11.7. The Balaban J connectivity index is 0.00000256. The molecule has 9 rings (SSSR count). The van der Waals surface area contributed by atoms with Crippen molar-refractivity contribution in [2.75, 3.05) is 0 Å². The van der Waals surface area contributed by atoms with E-state index in [9.17, 15) is 0 Å². The van der Waals surface area contributed by atoms with Crippen LogP contribution < -0.4 is 4.74 Å². The minimum Gasteiger partial charge on any atom is -0.503 e. The Morgan fingerprint density at radius 2 is 1.17 bits per heavy atom. The van der Waals surface area contributed by atoms with Gasteiger partial charge in [-0.2, -0.15) is 0 Å². The second-order valence-corrected chi connectivity index (χ2v) is 9.52. The molecule has 5 aromatic heterocycles. The summed E-state index contributed by atoms with van der Waals surface area (Å²) in [6, 6.07) is 38.3. The molecular formula is C32H17N7OPt. The third-order valence-corrected chi connectivity index (χ3v) is 7.14. The molecule has 0 saturated carbocycles. The molecule has 9 aromatic rings. The minimum atomic E-state index is 0. The number of ether oxygens (including phenoxy) is 1. The van der Waals surface area contributed by atoms with Gasteiger partial charge in [-0.05, 0) is 47.1 Å². The van der Waals surface area contributed by atoms with Gasteiger partial charge >= 0.3 is 21.1 Å². The number of fused-ring (bicyclic) bond motifs is 12. The standard InChI is InChI=1S/C32H17N7O.Pt/c1-3-13-27-24(11-1)34-30-37-28-14-4-2-12-25(28)35-31(37)39-29-19-22(15-16-26(29)36-32(39)38(27)30)40-21-9-7-8-20(18-21)23-10-5-6-17-33-23;/h1-17H;/q-2;+2. The summed E-state index contributed by atoms with van der Waals surface area (Å²) in [5, 5.41) is 0. The Morgan fingerprint density at radius 3 is 1.88 bits per heavy atom. The number of rotatable bonds is 3. The number of benzene rings is 4. The molecule has 0 aliphatic rings. The van der Waals surface area contributed by atoms with Crippen LogP contribution in [0.25, 0.3) is 61.7 Å². The Labute approximate surface area is 246 Å². The molecule has 0 atom stereocenters. The summed E-state index contributed by atoms with van der Waals surface area (Å²) in [6.07, 6.45) is 1.77. The van der Waals surface area contributed by atoms with Crippen molar-refractivity contribution in [2.24, 2.45) is 0 Å². The molecule has 0 saturated heterocycles. The fourth-order valence-electron chi connectivity index (χ4n) is 5.39. The van der Waals surface area contributed by atoms with Gasteiger partial charge in [-0.3, -0.25) is 9.38 Å². The summed E-state index contributed by atoms with van der Waals surface area (Å²) in [5.41, 5.74) is 6.92. The van der Waals surface area contributed by atoms with Gasteiger partial charge in [-0.15, -0.1) is 42.0 Å². The first-order valence-corrected chi connectivity index (χ1v) is 12.8. The van der Waals surface area contributed by atoms with Gasteiger partial charge in [0.15, 0.2) is 0 Å². The van der Waals surface area contributed by atoms with Crippen LogP contribution in [-0.4, -0.2) is 33.1 Å². The average molecular weight is 711 g/mol. The van der Waals surface area contributed by atoms with Crippen LogP contribution in [0.3, 0.4) is 0 Å². The van der Waals surface area contributed by atoms with Gasteiger partial charge in [0.2, 0.25) is 17.3 Å². The zero-order valence-electron chi connectivity index (χ0n) is 21.2. The summed E-state index contributed by atoms with van der Waals surface area (Å²) < 4.78 is 12.4. The second-order valence-electron chi connectivity index (χ2n) is 9.52. The molecule has 9 heteroatoms. The predicted octanol–water partition coefficient (Wildman–Crippen LogP) is 6.54. The molecule has 0 fully saturated rings. The van der Waals surface area contributed by atoms with E-state index in [-0.39, 0.29) is 21.1 Å². The number of nitrogens with zero attached hydrogens (tertiary/aromatic N) is 7. The first-order valence-electron chi connectivity index (χ1n) is 12.8. The third kappa shape index (κ3) is 3.51. The maximum absolute atomic E-state index is 6.25. The summed E-state index contributed by atoms with van der Waals surface area (Å²) in [5.74, 6) is 3.29. The van der Waals surface area contributed by atoms with Crippen molar-refractivity contribution in [3.05, 3.63) is 115 Å². The van der Waals surface area contributed by atoms with Gasteiger partial charge in [0, 0.05) is 17.7 Å². The van der Waals surface area contributed by atoms with Crippen LogP contribution in [0.5, 0.6) is 11.5 Å². The third-order valence-electron chi connectivity index (χ3n) is 7.14. The van der Waals surface area contributed by atoms with Crippen molar-refractivity contribution in [2.45, 2.75) is 0 Å². The predicted molar refractivity (Wildman–Crippen MR) is 153 cm³/mol. The van der Waals surface area contributed by atoms with Gasteiger partial charge in [-0.25, -0.2) is 18.8 Å². The average Bonchev–Trinajstić information content (AvgIpc) is 3.68. The van der Waals surface area contributed by atoms with Crippen LogP contribution in [-0.2, 0) is 21.1 Å². The first-order chi connectivity index (χ1) is 19.8. The molecular weight excluding hydrogens is 693 g/mol. The summed E-state index contributed by atoms with van der Waals surface area (Å²) in [7, 11) is 0. The zero-order valence-corrected chi connectivity index (χ0v) is 23.4. The largest absolute Gasteiger partial charge is 2.00 e. The summed E-state index contributed by atoms with van der Waals surface area (Å²) in [6.45, 7) is 0. The Morgan fingerprint density at radius 1 is 0.537 bits per heavy atom. The van der Waals surface area contributed by atoms with Crippen molar-refractivity contribution >= 4 is 50.4 Å². The van der Waals surface area contributed by atoms with E-state index in [0.717, 1.165) is 50.1 Å². The molecule has 5 heterocycles. The van der Waals surface area contributed by atoms with Gasteiger partial charge in [-0.1, -0.05) is 42.5 Å². The van der Waals surface area contributed by atoms with E-state index in [0.29, 0.717) is 23.1 Å². The van der Waals surface area contributed by atoms with Crippen molar-refractivity contribution < 1.29 is 25.8 Å². The van der Waals surface area contributed by atoms with E-state index in [4.69, 9.17) is 19.7 Å². The monoisotopic (exact) mass is 710 g/mol. The summed E-state index contributed by atoms with van der Waals surface area (Å²) in [4.78, 5) is 19.4. The Bertz CT molecular complexity index is 2380. The van der Waals surface area contributed by atoms with Gasteiger partial charge in [0.05, 0.1) is 22.1 Å². The Hall–Kier alpha value is -5.07. The van der Waals surface area contributed by atoms with Crippen molar-refractivity contribution in [1.82, 2.24) is 33.1 Å². The molecule has 8 nitrogen and oxygen atoms in total. The van der Waals surface area contributed by atoms with Gasteiger partial charge < -0.3 is 9.72 Å². The van der Waals surface area contributed by atoms with Crippen molar-refractivity contribution in [1.29, 1.82) is 0 Å². The molecule has 4 aromatic carbocycles. The molecule has 0 spiro atoms. The number of pyridine rings is 1. The van der Waals surface area contributed by atoms with Gasteiger partial charge in [0.1, 0.15) is 0 Å². The maximum Gasteiger partial charge on any atom is 2.00 e. The topological polar surface area (TPSA) is 74.0 Å². The van der Waals surface area contributed by atoms with E-state index in [1.807, 2.05) is 89.3 Å². The Kier molecular flexibility index (Phi) is 5.21. The molecule has 0 aliphatic heterocycles. The number of para-hydroxylation sites is 4. The van der Waals surface area contributed by atoms with E-state index >= 15 is 0 Å². The molecule has 0 bridgehead atoms. The molecule has 0 radical (unpaired) electrons. The second kappa shape index (κ2) is 8.98. The zero-order chi connectivity index (χ0) is 26.2. The minimum absolute atomic E-state index is 0. The van der Waals surface area contributed by atoms with E-state index in [2.05, 4.69) is 38.1 Å². The van der Waals surface area contributed by atoms with Crippen LogP contribution in [0.1, 0.15) is 0 Å². The fraction of sp³-hybridized carbons (Fsp3) is 0. The van der Waals surface area contributed by atoms with E-state index < -0.39 is 0 Å². The summed E-state index contributed by atoms with van der Waals surface area (Å²) >= 11 is 0. The van der Waals surface area contributed by atoms with Gasteiger partial charge in [0.25, 0.3) is 0 Å². The molecule has 196 valence electrons. The number of hydrogen-bond donors (Lipinski definition) is 0. The maximum atomic E-state index is 6.25. The quantitative estimate of drug-likeness (QED) is 0.195. The smallest absolute Gasteiger partial charge is 0.503 e. The van der Waals surface area contributed by atoms with E-state index in [1.165, 1.54) is 0 Å². The fourth-order valence-corrected chi connectivity index (χ4v) is 5.39. The first kappa shape index (κ1) is 23.8. The van der Waals surface area contributed by atoms with Crippen LogP contribution in [0, 0.1) is 12.1 Å². The SMILES string of the molecule is [Pt+2].[c-]1c(Oc2[c-]c3c(cc2)nc2n3c3nc4ccccc4n3c3nc4ccccc4n23)cccc1-c1ccccn1. The van der Waals surface area contributed by atoms with Crippen LogP contribution in [0.15, 0.2) is 103 Å². The van der Waals surface area contributed by atoms with E-state index in [1.54, 1.807) is 6.20 Å². The molecule has 0 amide bonds. The molecule has 0 unspecified atom stereocenters. The molecule has 0 aliphatic carbocycles. The molecule has 0 N–H and O–H groups in total. The molecule has 41 heavy (non-hydrogen) atoms. The number of hydrogen-bond acceptors (Lipinski definition) is 5. The van der Waals surface area contributed by atoms with Crippen LogP contribution >= 0.6 is 0 Å². The number of imidazole rings is 3. The van der Waals surface area contributed by atoms with Crippen LogP contribution in [0.2, 0.25) is 0 Å². The van der Waals surface area contributed by atoms with Crippen LogP contribution in [0.4, 0.5) is 0 Å². The number of aromatic nitrogens is 7.